The van der Waals surface area contributed by atoms with E-state index in [0.29, 0.717) is 0 Å². The van der Waals surface area contributed by atoms with Gasteiger partial charge in [0.15, 0.2) is 0 Å². The van der Waals surface area contributed by atoms with Crippen LogP contribution in [0.25, 0.3) is 5.76 Å². The zero-order valence-electron chi connectivity index (χ0n) is 14.4. The van der Waals surface area contributed by atoms with Crippen molar-refractivity contribution in [3.63, 3.8) is 0 Å². The number of hydrogen-bond donors (Lipinski definition) is 0. The Kier molecular flexibility index (Phi) is 4.92. The van der Waals surface area contributed by atoms with Crippen molar-refractivity contribution in [2.24, 2.45) is 0 Å². The van der Waals surface area contributed by atoms with Crippen LogP contribution in [0.2, 0.25) is 12.6 Å². The Bertz CT molecular complexity index is 652. The maximum absolute atomic E-state index is 6.51. The monoisotopic (exact) mass is 310 g/mol. The summed E-state index contributed by atoms with van der Waals surface area (Å²) in [6, 6.07) is 16.0. The Hall–Kier alpha value is -1.80. The minimum atomic E-state index is -2.00. The van der Waals surface area contributed by atoms with Gasteiger partial charge in [0.2, 0.25) is 0 Å². The van der Waals surface area contributed by atoms with E-state index in [1.807, 2.05) is 0 Å². The topological polar surface area (TPSA) is 9.23 Å². The molecule has 0 radical (unpaired) electrons. The summed E-state index contributed by atoms with van der Waals surface area (Å²) in [6.07, 6.45) is 0. The molecular weight excluding hydrogens is 284 g/mol. The van der Waals surface area contributed by atoms with Crippen LogP contribution in [-0.2, 0) is 4.43 Å². The molecule has 116 valence electrons. The van der Waals surface area contributed by atoms with Crippen LogP contribution in [0.5, 0.6) is 0 Å². The molecule has 22 heavy (non-hydrogen) atoms. The average Bonchev–Trinajstić information content (AvgIpc) is 2.46. The molecule has 0 amide bonds. The Balaban J connectivity index is 2.35. The zero-order chi connectivity index (χ0) is 16.3. The smallest absolute Gasteiger partial charge is 0.279 e. The largest absolute Gasteiger partial charge is 0.539 e. The van der Waals surface area contributed by atoms with Crippen LogP contribution in [-0.4, -0.2) is 8.32 Å². The molecule has 0 heterocycles. The standard InChI is InChI=1S/C20H26OSi/c1-7-22(6,19-11-9-8-10-12-19)21-18(5)20-16(3)13-15(2)14-17(20)4/h8-14H,5,7H2,1-4,6H3. The second-order valence-corrected chi connectivity index (χ2v) is 10.2. The van der Waals surface area contributed by atoms with E-state index in [1.54, 1.807) is 0 Å². The predicted octanol–water partition coefficient (Wildman–Crippen LogP) is 5.10. The number of hydrogen-bond acceptors (Lipinski definition) is 1. The summed E-state index contributed by atoms with van der Waals surface area (Å²) in [7, 11) is -2.00. The molecule has 0 spiro atoms. The van der Waals surface area contributed by atoms with Crippen molar-refractivity contribution in [1.82, 2.24) is 0 Å². The van der Waals surface area contributed by atoms with E-state index in [0.717, 1.165) is 17.4 Å². The first kappa shape index (κ1) is 16.6. The summed E-state index contributed by atoms with van der Waals surface area (Å²) in [4.78, 5) is 0. The molecule has 0 fully saturated rings. The third-order valence-electron chi connectivity index (χ3n) is 4.36. The molecular formula is C20H26OSi. The zero-order valence-corrected chi connectivity index (χ0v) is 15.4. The van der Waals surface area contributed by atoms with Crippen molar-refractivity contribution >= 4 is 19.3 Å². The van der Waals surface area contributed by atoms with Crippen LogP contribution in [0.3, 0.4) is 0 Å². The van der Waals surface area contributed by atoms with Gasteiger partial charge in [-0.1, -0.05) is 61.5 Å². The van der Waals surface area contributed by atoms with Gasteiger partial charge in [-0.2, -0.15) is 0 Å². The van der Waals surface area contributed by atoms with Gasteiger partial charge in [-0.25, -0.2) is 0 Å². The molecule has 2 rings (SSSR count). The molecule has 0 saturated heterocycles. The highest BCUT2D eigenvalue weighted by molar-refractivity contribution is 6.86. The van der Waals surface area contributed by atoms with Crippen LogP contribution in [0.4, 0.5) is 0 Å². The lowest BCUT2D eigenvalue weighted by Gasteiger charge is -2.30. The molecule has 0 aliphatic heterocycles. The van der Waals surface area contributed by atoms with Gasteiger partial charge in [0, 0.05) is 5.56 Å². The van der Waals surface area contributed by atoms with Gasteiger partial charge in [0.1, 0.15) is 5.76 Å². The van der Waals surface area contributed by atoms with Gasteiger partial charge >= 0.3 is 0 Å². The summed E-state index contributed by atoms with van der Waals surface area (Å²) in [5.41, 5.74) is 4.92. The highest BCUT2D eigenvalue weighted by atomic mass is 28.4. The molecule has 1 unspecified atom stereocenters. The minimum absolute atomic E-state index is 0.815. The van der Waals surface area contributed by atoms with E-state index in [4.69, 9.17) is 4.43 Å². The number of benzene rings is 2. The van der Waals surface area contributed by atoms with Crippen molar-refractivity contribution < 1.29 is 4.43 Å². The van der Waals surface area contributed by atoms with E-state index >= 15 is 0 Å². The fraction of sp³-hybridized carbons (Fsp3) is 0.300. The predicted molar refractivity (Wildman–Crippen MR) is 98.9 cm³/mol. The molecule has 0 bridgehead atoms. The quantitative estimate of drug-likeness (QED) is 0.551. The maximum atomic E-state index is 6.51. The van der Waals surface area contributed by atoms with Gasteiger partial charge in [0.05, 0.1) is 0 Å². The van der Waals surface area contributed by atoms with Crippen LogP contribution in [0, 0.1) is 20.8 Å². The third-order valence-corrected chi connectivity index (χ3v) is 7.96. The molecule has 1 atom stereocenters. The van der Waals surface area contributed by atoms with Gasteiger partial charge in [-0.05, 0) is 49.7 Å². The van der Waals surface area contributed by atoms with Crippen LogP contribution in [0.15, 0.2) is 49.0 Å². The lowest BCUT2D eigenvalue weighted by molar-refractivity contribution is 0.514. The number of aryl methyl sites for hydroxylation is 3. The van der Waals surface area contributed by atoms with Crippen molar-refractivity contribution in [3.8, 4) is 0 Å². The van der Waals surface area contributed by atoms with E-state index in [9.17, 15) is 0 Å². The summed E-state index contributed by atoms with van der Waals surface area (Å²) in [5, 5.41) is 1.32. The number of rotatable bonds is 5. The van der Waals surface area contributed by atoms with Crippen molar-refractivity contribution in [3.05, 3.63) is 71.3 Å². The van der Waals surface area contributed by atoms with Crippen molar-refractivity contribution in [2.45, 2.75) is 40.3 Å². The minimum Gasteiger partial charge on any atom is -0.539 e. The average molecular weight is 311 g/mol. The third kappa shape index (κ3) is 3.33. The molecule has 0 N–H and O–H groups in total. The van der Waals surface area contributed by atoms with Gasteiger partial charge in [-0.15, -0.1) is 0 Å². The normalized spacial score (nSPS) is 13.5. The Labute approximate surface area is 135 Å². The van der Waals surface area contributed by atoms with Gasteiger partial charge in [0.25, 0.3) is 8.32 Å². The molecule has 0 aromatic heterocycles. The summed E-state index contributed by atoms with van der Waals surface area (Å²) >= 11 is 0. The lowest BCUT2D eigenvalue weighted by atomic mass is 9.99. The van der Waals surface area contributed by atoms with Crippen LogP contribution in [0.1, 0.15) is 29.2 Å². The second kappa shape index (κ2) is 6.53. The van der Waals surface area contributed by atoms with Crippen molar-refractivity contribution in [2.75, 3.05) is 0 Å². The molecule has 0 aliphatic rings. The summed E-state index contributed by atoms with van der Waals surface area (Å²) < 4.78 is 6.51. The maximum Gasteiger partial charge on any atom is 0.279 e. The fourth-order valence-electron chi connectivity index (χ4n) is 3.07. The van der Waals surface area contributed by atoms with Gasteiger partial charge in [-0.3, -0.25) is 0 Å². The SMILES string of the molecule is C=C(O[Si](C)(CC)c1ccccc1)c1c(C)cc(C)cc1C. The Morgan fingerprint density at radius 2 is 1.59 bits per heavy atom. The lowest BCUT2D eigenvalue weighted by Crippen LogP contribution is -2.46. The summed E-state index contributed by atoms with van der Waals surface area (Å²) in [5.74, 6) is 0.815. The second-order valence-electron chi connectivity index (χ2n) is 6.25. The van der Waals surface area contributed by atoms with E-state index in [-0.39, 0.29) is 0 Å². The molecule has 1 nitrogen and oxygen atoms in total. The van der Waals surface area contributed by atoms with E-state index in [1.165, 1.54) is 21.9 Å². The molecule has 0 saturated carbocycles. The molecule has 2 aromatic carbocycles. The first-order chi connectivity index (χ1) is 10.4. The first-order valence-electron chi connectivity index (χ1n) is 7.89. The molecule has 0 aliphatic carbocycles. The Morgan fingerprint density at radius 1 is 1.05 bits per heavy atom. The van der Waals surface area contributed by atoms with E-state index in [2.05, 4.69) is 83.3 Å². The molecule has 2 aromatic rings. The van der Waals surface area contributed by atoms with Gasteiger partial charge < -0.3 is 4.43 Å². The molecule has 2 heteroatoms. The van der Waals surface area contributed by atoms with Crippen LogP contribution < -0.4 is 5.19 Å². The Morgan fingerprint density at radius 3 is 2.09 bits per heavy atom. The van der Waals surface area contributed by atoms with Crippen molar-refractivity contribution in [1.29, 1.82) is 0 Å². The summed E-state index contributed by atoms with van der Waals surface area (Å²) in [6.45, 7) is 15.1. The highest BCUT2D eigenvalue weighted by Crippen LogP contribution is 2.28. The highest BCUT2D eigenvalue weighted by Gasteiger charge is 2.32. The van der Waals surface area contributed by atoms with E-state index < -0.39 is 8.32 Å². The van der Waals surface area contributed by atoms with Crippen LogP contribution >= 0.6 is 0 Å². The first-order valence-corrected chi connectivity index (χ1v) is 10.5. The fourth-order valence-corrected chi connectivity index (χ4v) is 5.28.